The lowest BCUT2D eigenvalue weighted by Crippen LogP contribution is -2.21. The summed E-state index contributed by atoms with van der Waals surface area (Å²) in [6.07, 6.45) is 2.38. The van der Waals surface area contributed by atoms with Crippen LogP contribution in [0.3, 0.4) is 0 Å². The second kappa shape index (κ2) is 6.76. The number of anilines is 1. The molecule has 1 amide bonds. The number of pyridine rings is 1. The highest BCUT2D eigenvalue weighted by Crippen LogP contribution is 2.19. The Bertz CT molecular complexity index is 892. The van der Waals surface area contributed by atoms with E-state index in [1.807, 2.05) is 54.8 Å². The summed E-state index contributed by atoms with van der Waals surface area (Å²) < 4.78 is 1.86. The Hall–Kier alpha value is -3.15. The molecule has 4 N–H and O–H groups in total. The van der Waals surface area contributed by atoms with Crippen molar-refractivity contribution >= 4 is 11.7 Å². The van der Waals surface area contributed by atoms with Crippen molar-refractivity contribution in [2.24, 2.45) is 5.73 Å². The number of nitrogens with two attached hydrogens (primary N) is 2. The van der Waals surface area contributed by atoms with Crippen molar-refractivity contribution in [3.05, 3.63) is 76.5 Å². The van der Waals surface area contributed by atoms with Crippen molar-refractivity contribution in [3.63, 3.8) is 0 Å². The topological polar surface area (TPSA) is 99.8 Å². The minimum absolute atomic E-state index is 0.251. The number of imidazole rings is 1. The van der Waals surface area contributed by atoms with Gasteiger partial charge in [0.15, 0.2) is 5.82 Å². The van der Waals surface area contributed by atoms with Crippen LogP contribution in [0.2, 0.25) is 0 Å². The quantitative estimate of drug-likeness (QED) is 0.746. The Morgan fingerprint density at radius 2 is 1.92 bits per heavy atom. The van der Waals surface area contributed by atoms with Gasteiger partial charge in [-0.3, -0.25) is 4.79 Å². The molecule has 128 valence electrons. The summed E-state index contributed by atoms with van der Waals surface area (Å²) in [5, 5.41) is 0. The summed E-state index contributed by atoms with van der Waals surface area (Å²) in [6, 6.07) is 11.9. The number of carbonyl (C=O) groups is 1. The number of rotatable bonds is 5. The van der Waals surface area contributed by atoms with Crippen LogP contribution in [0.1, 0.15) is 38.7 Å². The molecule has 25 heavy (non-hydrogen) atoms. The lowest BCUT2D eigenvalue weighted by Gasteiger charge is -2.15. The Labute approximate surface area is 146 Å². The molecule has 0 spiro atoms. The van der Waals surface area contributed by atoms with Crippen molar-refractivity contribution in [1.82, 2.24) is 14.5 Å². The van der Waals surface area contributed by atoms with E-state index in [0.717, 1.165) is 28.1 Å². The molecule has 0 aliphatic carbocycles. The lowest BCUT2D eigenvalue weighted by atomic mass is 10.1. The fraction of sp³-hybridized carbons (Fsp3) is 0.211. The average Bonchev–Trinajstić information content (AvgIpc) is 2.94. The van der Waals surface area contributed by atoms with E-state index in [0.29, 0.717) is 18.8 Å². The van der Waals surface area contributed by atoms with Gasteiger partial charge in [-0.1, -0.05) is 30.3 Å². The SMILES string of the molecule is Cc1cc(N)nc(C)c1Cn1c(Cc2ccccc2)cnc1C(N)=O. The minimum Gasteiger partial charge on any atom is -0.384 e. The third-order valence-electron chi connectivity index (χ3n) is 4.28. The molecular formula is C19H21N5O. The number of primary amides is 1. The van der Waals surface area contributed by atoms with Crippen LogP contribution in [0.4, 0.5) is 5.82 Å². The standard InChI is InChI=1S/C19H21N5O/c1-12-8-17(20)23-13(2)16(12)11-24-15(10-22-19(24)18(21)25)9-14-6-4-3-5-7-14/h3-8,10H,9,11H2,1-2H3,(H2,20,23)(H2,21,25). The van der Waals surface area contributed by atoms with Gasteiger partial charge in [0.1, 0.15) is 5.82 Å². The molecule has 0 fully saturated rings. The van der Waals surface area contributed by atoms with Gasteiger partial charge in [-0.15, -0.1) is 0 Å². The number of benzene rings is 1. The first-order valence-electron chi connectivity index (χ1n) is 8.06. The second-order valence-corrected chi connectivity index (χ2v) is 6.11. The molecule has 0 saturated heterocycles. The van der Waals surface area contributed by atoms with Crippen LogP contribution in [0.15, 0.2) is 42.6 Å². The molecule has 3 rings (SSSR count). The number of carbonyl (C=O) groups excluding carboxylic acids is 1. The van der Waals surface area contributed by atoms with Crippen LogP contribution < -0.4 is 11.5 Å². The van der Waals surface area contributed by atoms with Crippen molar-refractivity contribution in [2.75, 3.05) is 5.73 Å². The van der Waals surface area contributed by atoms with Gasteiger partial charge in [-0.05, 0) is 36.6 Å². The number of nitrogen functional groups attached to an aromatic ring is 1. The zero-order chi connectivity index (χ0) is 18.0. The van der Waals surface area contributed by atoms with Gasteiger partial charge in [0.05, 0.1) is 6.54 Å². The number of hydrogen-bond donors (Lipinski definition) is 2. The van der Waals surface area contributed by atoms with Crippen LogP contribution in [0, 0.1) is 13.8 Å². The van der Waals surface area contributed by atoms with Crippen molar-refractivity contribution in [2.45, 2.75) is 26.8 Å². The molecular weight excluding hydrogens is 314 g/mol. The molecule has 0 aliphatic rings. The van der Waals surface area contributed by atoms with Crippen LogP contribution in [-0.2, 0) is 13.0 Å². The summed E-state index contributed by atoms with van der Waals surface area (Å²) in [6.45, 7) is 4.37. The third kappa shape index (κ3) is 3.52. The predicted molar refractivity (Wildman–Crippen MR) is 97.2 cm³/mol. The number of hydrogen-bond acceptors (Lipinski definition) is 4. The first kappa shape index (κ1) is 16.7. The molecule has 0 atom stereocenters. The molecule has 0 saturated carbocycles. The summed E-state index contributed by atoms with van der Waals surface area (Å²) in [5.74, 6) is 0.198. The maximum atomic E-state index is 11.8. The molecule has 6 nitrogen and oxygen atoms in total. The Morgan fingerprint density at radius 3 is 2.56 bits per heavy atom. The van der Waals surface area contributed by atoms with Crippen LogP contribution >= 0.6 is 0 Å². The average molecular weight is 335 g/mol. The first-order chi connectivity index (χ1) is 12.0. The molecule has 0 radical (unpaired) electrons. The van der Waals surface area contributed by atoms with E-state index in [9.17, 15) is 4.79 Å². The Balaban J connectivity index is 2.02. The summed E-state index contributed by atoms with van der Waals surface area (Å²) >= 11 is 0. The van der Waals surface area contributed by atoms with E-state index in [-0.39, 0.29) is 5.82 Å². The highest BCUT2D eigenvalue weighted by molar-refractivity contribution is 5.89. The third-order valence-corrected chi connectivity index (χ3v) is 4.28. The number of aromatic nitrogens is 3. The van der Waals surface area contributed by atoms with Crippen molar-refractivity contribution in [3.8, 4) is 0 Å². The molecule has 0 aliphatic heterocycles. The highest BCUT2D eigenvalue weighted by Gasteiger charge is 2.17. The fourth-order valence-corrected chi connectivity index (χ4v) is 3.02. The van der Waals surface area contributed by atoms with Crippen molar-refractivity contribution < 1.29 is 4.79 Å². The molecule has 2 heterocycles. The van der Waals surface area contributed by atoms with E-state index in [2.05, 4.69) is 9.97 Å². The molecule has 3 aromatic rings. The van der Waals surface area contributed by atoms with Gasteiger partial charge in [0.2, 0.25) is 0 Å². The predicted octanol–water partition coefficient (Wildman–Crippen LogP) is 2.22. The molecule has 1 aromatic carbocycles. The zero-order valence-electron chi connectivity index (χ0n) is 14.4. The van der Waals surface area contributed by atoms with Gasteiger partial charge in [0.25, 0.3) is 5.91 Å². The number of aryl methyl sites for hydroxylation is 2. The normalized spacial score (nSPS) is 10.8. The molecule has 0 bridgehead atoms. The Morgan fingerprint density at radius 1 is 1.20 bits per heavy atom. The fourth-order valence-electron chi connectivity index (χ4n) is 3.02. The Kier molecular flexibility index (Phi) is 4.52. The van der Waals surface area contributed by atoms with E-state index in [1.165, 1.54) is 0 Å². The zero-order valence-corrected chi connectivity index (χ0v) is 14.4. The second-order valence-electron chi connectivity index (χ2n) is 6.11. The van der Waals surface area contributed by atoms with E-state index in [1.54, 1.807) is 6.20 Å². The minimum atomic E-state index is -0.543. The molecule has 0 unspecified atom stereocenters. The van der Waals surface area contributed by atoms with Gasteiger partial charge in [-0.25, -0.2) is 9.97 Å². The maximum Gasteiger partial charge on any atom is 0.284 e. The smallest absolute Gasteiger partial charge is 0.284 e. The van der Waals surface area contributed by atoms with Crippen LogP contribution in [0.5, 0.6) is 0 Å². The van der Waals surface area contributed by atoms with Gasteiger partial charge in [-0.2, -0.15) is 0 Å². The highest BCUT2D eigenvalue weighted by atomic mass is 16.1. The van der Waals surface area contributed by atoms with E-state index >= 15 is 0 Å². The summed E-state index contributed by atoms with van der Waals surface area (Å²) in [4.78, 5) is 20.4. The molecule has 2 aromatic heterocycles. The summed E-state index contributed by atoms with van der Waals surface area (Å²) in [7, 11) is 0. The maximum absolute atomic E-state index is 11.8. The van der Waals surface area contributed by atoms with Crippen LogP contribution in [-0.4, -0.2) is 20.4 Å². The lowest BCUT2D eigenvalue weighted by molar-refractivity contribution is 0.0986. The van der Waals surface area contributed by atoms with Gasteiger partial charge >= 0.3 is 0 Å². The monoisotopic (exact) mass is 335 g/mol. The van der Waals surface area contributed by atoms with E-state index < -0.39 is 5.91 Å². The van der Waals surface area contributed by atoms with Gasteiger partial charge in [0, 0.05) is 24.0 Å². The number of nitrogens with zero attached hydrogens (tertiary/aromatic N) is 3. The van der Waals surface area contributed by atoms with E-state index in [4.69, 9.17) is 11.5 Å². The van der Waals surface area contributed by atoms with Crippen LogP contribution in [0.25, 0.3) is 0 Å². The molecule has 6 heteroatoms. The van der Waals surface area contributed by atoms with Gasteiger partial charge < -0.3 is 16.0 Å². The first-order valence-corrected chi connectivity index (χ1v) is 8.06. The van der Waals surface area contributed by atoms with Crippen molar-refractivity contribution in [1.29, 1.82) is 0 Å². The summed E-state index contributed by atoms with van der Waals surface area (Å²) in [5.41, 5.74) is 16.3. The largest absolute Gasteiger partial charge is 0.384 e. The number of amides is 1.